The molecule has 7 nitrogen and oxygen atoms in total. The smallest absolute Gasteiger partial charge is 0.267 e. The van der Waals surface area contributed by atoms with Gasteiger partial charge in [-0.2, -0.15) is 8.42 Å². The molecule has 38 heavy (non-hydrogen) atoms. The molecule has 0 aromatic carbocycles. The fourth-order valence-electron chi connectivity index (χ4n) is 4.36. The molecule has 0 saturated heterocycles. The lowest BCUT2D eigenvalue weighted by Gasteiger charge is -2.22. The molecular weight excluding hydrogens is 502 g/mol. The topological polar surface area (TPSA) is 124 Å². The van der Waals surface area contributed by atoms with Gasteiger partial charge in [-0.05, 0) is 25.7 Å². The highest BCUT2D eigenvalue weighted by atomic mass is 32.2. The van der Waals surface area contributed by atoms with Crippen LogP contribution in [0.1, 0.15) is 136 Å². The van der Waals surface area contributed by atoms with Crippen molar-refractivity contribution in [1.29, 1.82) is 0 Å². The molecule has 0 aromatic rings. The van der Waals surface area contributed by atoms with Crippen molar-refractivity contribution in [2.75, 3.05) is 5.75 Å². The summed E-state index contributed by atoms with van der Waals surface area (Å²) in [5.74, 6) is -1.56. The molecule has 0 heterocycles. The highest BCUT2D eigenvalue weighted by molar-refractivity contribution is 7.85. The molecular formula is C30H57NO6S. The zero-order valence-electron chi connectivity index (χ0n) is 24.2. The van der Waals surface area contributed by atoms with E-state index >= 15 is 0 Å². The Bertz CT molecular complexity index is 722. The molecule has 0 aliphatic carbocycles. The third-order valence-electron chi connectivity index (χ3n) is 6.72. The Morgan fingerprint density at radius 3 is 1.68 bits per heavy atom. The Morgan fingerprint density at radius 1 is 0.711 bits per heavy atom. The molecule has 3 unspecified atom stereocenters. The van der Waals surface area contributed by atoms with Gasteiger partial charge in [0.2, 0.25) is 5.91 Å². The molecule has 224 valence electrons. The van der Waals surface area contributed by atoms with Crippen molar-refractivity contribution in [3.8, 4) is 0 Å². The second-order valence-corrected chi connectivity index (χ2v) is 12.0. The monoisotopic (exact) mass is 559 g/mol. The third kappa shape index (κ3) is 23.9. The summed E-state index contributed by atoms with van der Waals surface area (Å²) < 4.78 is 32.0. The van der Waals surface area contributed by atoms with Gasteiger partial charge in [-0.3, -0.25) is 9.35 Å². The molecule has 0 saturated carbocycles. The van der Waals surface area contributed by atoms with Crippen molar-refractivity contribution in [3.05, 3.63) is 24.3 Å². The highest BCUT2D eigenvalue weighted by Gasteiger charge is 2.27. The minimum absolute atomic E-state index is 0.276. The summed E-state index contributed by atoms with van der Waals surface area (Å²) in [4.78, 5) is 12.4. The van der Waals surface area contributed by atoms with Crippen LogP contribution in [0.15, 0.2) is 24.3 Å². The first kappa shape index (κ1) is 36.8. The first-order valence-corrected chi connectivity index (χ1v) is 16.8. The van der Waals surface area contributed by atoms with Gasteiger partial charge in [0.25, 0.3) is 10.1 Å². The Hall–Kier alpha value is -1.22. The molecule has 0 aliphatic heterocycles. The van der Waals surface area contributed by atoms with Gasteiger partial charge in [-0.25, -0.2) is 0 Å². The van der Waals surface area contributed by atoms with Crippen molar-refractivity contribution in [3.63, 3.8) is 0 Å². The summed E-state index contributed by atoms with van der Waals surface area (Å²) in [6.07, 6.45) is 25.6. The van der Waals surface area contributed by atoms with Gasteiger partial charge in [0.05, 0.1) is 17.9 Å². The zero-order chi connectivity index (χ0) is 28.5. The molecule has 8 heteroatoms. The van der Waals surface area contributed by atoms with Gasteiger partial charge in [-0.15, -0.1) is 0 Å². The van der Waals surface area contributed by atoms with Gasteiger partial charge in [-0.1, -0.05) is 134 Å². The highest BCUT2D eigenvalue weighted by Crippen LogP contribution is 2.14. The Balaban J connectivity index is 4.16. The van der Waals surface area contributed by atoms with E-state index in [0.717, 1.165) is 38.5 Å². The number of aliphatic hydroxyl groups excluding tert-OH is 2. The molecule has 0 spiro atoms. The number of rotatable bonds is 26. The van der Waals surface area contributed by atoms with Gasteiger partial charge in [0.15, 0.2) is 0 Å². The predicted octanol–water partition coefficient (Wildman–Crippen LogP) is 6.64. The van der Waals surface area contributed by atoms with Crippen molar-refractivity contribution in [2.45, 2.75) is 154 Å². The van der Waals surface area contributed by atoms with Gasteiger partial charge in [0, 0.05) is 0 Å². The molecule has 4 N–H and O–H groups in total. The van der Waals surface area contributed by atoms with Crippen LogP contribution in [0.5, 0.6) is 0 Å². The SMILES string of the molecule is CCC/C=C/CC/C=C/C(O)C(CS(=O)(=O)O)NC(=O)C(O)CCCCCCCCCCCCCCCC. The second-order valence-electron chi connectivity index (χ2n) is 10.5. The molecule has 3 atom stereocenters. The van der Waals surface area contributed by atoms with E-state index in [1.54, 1.807) is 6.08 Å². The number of aliphatic hydroxyl groups is 2. The molecule has 1 amide bonds. The van der Waals surface area contributed by atoms with Crippen LogP contribution < -0.4 is 5.32 Å². The van der Waals surface area contributed by atoms with E-state index in [-0.39, 0.29) is 6.42 Å². The normalized spacial score (nSPS) is 14.8. The number of hydrogen-bond donors (Lipinski definition) is 4. The maximum absolute atomic E-state index is 12.4. The summed E-state index contributed by atoms with van der Waals surface area (Å²) in [6, 6.07) is -1.24. The van der Waals surface area contributed by atoms with Crippen LogP contribution in [-0.4, -0.2) is 53.1 Å². The summed E-state index contributed by atoms with van der Waals surface area (Å²) >= 11 is 0. The van der Waals surface area contributed by atoms with Gasteiger partial charge in [0.1, 0.15) is 6.10 Å². The van der Waals surface area contributed by atoms with Gasteiger partial charge < -0.3 is 15.5 Å². The first-order valence-electron chi connectivity index (χ1n) is 15.1. The second kappa shape index (κ2) is 24.8. The molecule has 0 aromatic heterocycles. The van der Waals surface area contributed by atoms with E-state index in [1.807, 2.05) is 6.08 Å². The van der Waals surface area contributed by atoms with E-state index < -0.39 is 40.0 Å². The summed E-state index contributed by atoms with van der Waals surface area (Å²) in [6.45, 7) is 4.34. The number of hydrogen-bond acceptors (Lipinski definition) is 5. The number of unbranched alkanes of at least 4 members (excludes halogenated alkanes) is 15. The maximum atomic E-state index is 12.4. The predicted molar refractivity (Wildman–Crippen MR) is 158 cm³/mol. The average molecular weight is 560 g/mol. The Morgan fingerprint density at radius 2 is 1.18 bits per heavy atom. The van der Waals surface area contributed by atoms with Crippen LogP contribution in [0.2, 0.25) is 0 Å². The molecule has 0 rings (SSSR count). The van der Waals surface area contributed by atoms with E-state index in [9.17, 15) is 28.0 Å². The standard InChI is InChI=1S/C30H57NO6S/c1-3-5-7-9-11-12-13-14-15-16-17-19-21-23-25-29(33)30(34)31-27(26-38(35,36)37)28(32)24-22-20-18-10-8-6-4-2/h8,10,22,24,27-29,32-33H,3-7,9,11-21,23,25-26H2,1-2H3,(H,31,34)(H,35,36,37)/b10-8+,24-22+. The van der Waals surface area contributed by atoms with Crippen LogP contribution in [0.3, 0.4) is 0 Å². The zero-order valence-corrected chi connectivity index (χ0v) is 25.0. The number of amides is 1. The maximum Gasteiger partial charge on any atom is 0.267 e. The van der Waals surface area contributed by atoms with Crippen LogP contribution in [0, 0.1) is 0 Å². The van der Waals surface area contributed by atoms with E-state index in [4.69, 9.17) is 0 Å². The van der Waals surface area contributed by atoms with Crippen molar-refractivity contribution in [1.82, 2.24) is 5.32 Å². The van der Waals surface area contributed by atoms with Crippen LogP contribution in [0.25, 0.3) is 0 Å². The largest absolute Gasteiger partial charge is 0.387 e. The lowest BCUT2D eigenvalue weighted by atomic mass is 10.0. The number of carbonyl (C=O) groups excluding carboxylic acids is 1. The lowest BCUT2D eigenvalue weighted by molar-refractivity contribution is -0.130. The van der Waals surface area contributed by atoms with Crippen molar-refractivity contribution in [2.24, 2.45) is 0 Å². The molecule has 0 bridgehead atoms. The lowest BCUT2D eigenvalue weighted by Crippen LogP contribution is -2.50. The van der Waals surface area contributed by atoms with Gasteiger partial charge >= 0.3 is 0 Å². The average Bonchev–Trinajstić information content (AvgIpc) is 2.86. The van der Waals surface area contributed by atoms with E-state index in [1.165, 1.54) is 70.3 Å². The van der Waals surface area contributed by atoms with Crippen molar-refractivity contribution >= 4 is 16.0 Å². The number of nitrogens with one attached hydrogen (secondary N) is 1. The molecule has 0 fully saturated rings. The number of carbonyl (C=O) groups is 1. The minimum atomic E-state index is -4.43. The molecule has 0 radical (unpaired) electrons. The summed E-state index contributed by atoms with van der Waals surface area (Å²) in [5.41, 5.74) is 0. The third-order valence-corrected chi connectivity index (χ3v) is 7.50. The molecule has 0 aliphatic rings. The first-order chi connectivity index (χ1) is 18.2. The summed E-state index contributed by atoms with van der Waals surface area (Å²) in [5, 5.41) is 23.0. The van der Waals surface area contributed by atoms with E-state index in [2.05, 4.69) is 25.2 Å². The Kier molecular flexibility index (Phi) is 24.0. The fraction of sp³-hybridized carbons (Fsp3) is 0.833. The van der Waals surface area contributed by atoms with Crippen LogP contribution in [0.4, 0.5) is 0 Å². The number of allylic oxidation sites excluding steroid dienone is 3. The Labute approximate surface area is 233 Å². The fourth-order valence-corrected chi connectivity index (χ4v) is 5.09. The summed E-state index contributed by atoms with van der Waals surface area (Å²) in [7, 11) is -4.43. The quantitative estimate of drug-likeness (QED) is 0.0535. The van der Waals surface area contributed by atoms with Crippen LogP contribution in [-0.2, 0) is 14.9 Å². The van der Waals surface area contributed by atoms with Crippen molar-refractivity contribution < 1.29 is 28.0 Å². The van der Waals surface area contributed by atoms with Crippen LogP contribution >= 0.6 is 0 Å². The minimum Gasteiger partial charge on any atom is -0.387 e. The van der Waals surface area contributed by atoms with E-state index in [0.29, 0.717) is 12.8 Å².